The fourth-order valence-corrected chi connectivity index (χ4v) is 6.20. The van der Waals surface area contributed by atoms with Crippen molar-refractivity contribution in [1.29, 1.82) is 0 Å². The van der Waals surface area contributed by atoms with Crippen molar-refractivity contribution >= 4 is 0 Å². The third-order valence-electron chi connectivity index (χ3n) is 8.28. The van der Waals surface area contributed by atoms with E-state index < -0.39 is 11.6 Å². The Morgan fingerprint density at radius 2 is 0.654 bits per heavy atom. The molecule has 1 aliphatic heterocycles. The van der Waals surface area contributed by atoms with Crippen LogP contribution < -0.4 is 0 Å². The molecule has 2 aliphatic carbocycles. The third-order valence-corrected chi connectivity index (χ3v) is 8.28. The van der Waals surface area contributed by atoms with Crippen LogP contribution in [0.1, 0.15) is 94.9 Å². The summed E-state index contributed by atoms with van der Waals surface area (Å²) >= 11 is 0. The summed E-state index contributed by atoms with van der Waals surface area (Å²) in [6.45, 7) is 22.9. The van der Waals surface area contributed by atoms with Gasteiger partial charge in [-0.1, -0.05) is 69.2 Å². The predicted molar refractivity (Wildman–Crippen MR) is 102 cm³/mol. The Balaban J connectivity index is 1.81. The molecule has 2 spiro atoms. The average Bonchev–Trinajstić information content (AvgIpc) is 2.45. The van der Waals surface area contributed by atoms with Crippen LogP contribution in [0.25, 0.3) is 0 Å². The van der Waals surface area contributed by atoms with Gasteiger partial charge in [-0.2, -0.15) is 19.6 Å². The standard InChI is InChI=1S/C22H40O4/c1-15-17(3,4)11-21(12-18(15,5)6)23-25-22(26-24-21)13-19(7,8)16(2)20(9,10)14-22/h15-16H,11-14H2,1-10H3. The van der Waals surface area contributed by atoms with E-state index in [1.54, 1.807) is 0 Å². The van der Waals surface area contributed by atoms with Crippen molar-refractivity contribution in [3.63, 3.8) is 0 Å². The highest BCUT2D eigenvalue weighted by Gasteiger charge is 2.62. The minimum atomic E-state index is -0.817. The van der Waals surface area contributed by atoms with Gasteiger partial charge < -0.3 is 0 Å². The first-order valence-corrected chi connectivity index (χ1v) is 10.3. The van der Waals surface area contributed by atoms with Gasteiger partial charge in [0.2, 0.25) is 11.6 Å². The Labute approximate surface area is 160 Å². The molecular weight excluding hydrogens is 328 g/mol. The molecule has 1 saturated heterocycles. The Hall–Kier alpha value is -0.160. The lowest BCUT2D eigenvalue weighted by atomic mass is 9.56. The fourth-order valence-electron chi connectivity index (χ4n) is 6.20. The van der Waals surface area contributed by atoms with Gasteiger partial charge >= 0.3 is 0 Å². The maximum Gasteiger partial charge on any atom is 0.235 e. The second-order valence-electron chi connectivity index (χ2n) is 12.3. The molecule has 0 bridgehead atoms. The van der Waals surface area contributed by atoms with E-state index in [4.69, 9.17) is 19.6 Å². The predicted octanol–water partition coefficient (Wildman–Crippen LogP) is 6.25. The van der Waals surface area contributed by atoms with Gasteiger partial charge in [-0.05, 0) is 33.5 Å². The van der Waals surface area contributed by atoms with Gasteiger partial charge in [0.05, 0.1) is 0 Å². The highest BCUT2D eigenvalue weighted by molar-refractivity contribution is 5.01. The van der Waals surface area contributed by atoms with Crippen molar-refractivity contribution in [2.45, 2.75) is 106 Å². The molecule has 0 radical (unpaired) electrons. The maximum absolute atomic E-state index is 6.09. The van der Waals surface area contributed by atoms with E-state index in [-0.39, 0.29) is 21.7 Å². The average molecular weight is 369 g/mol. The van der Waals surface area contributed by atoms with Crippen molar-refractivity contribution in [2.75, 3.05) is 0 Å². The van der Waals surface area contributed by atoms with Crippen LogP contribution in [0.15, 0.2) is 0 Å². The molecule has 26 heavy (non-hydrogen) atoms. The van der Waals surface area contributed by atoms with Crippen LogP contribution in [0.2, 0.25) is 0 Å². The lowest BCUT2D eigenvalue weighted by Crippen LogP contribution is -2.62. The van der Waals surface area contributed by atoms with Crippen LogP contribution >= 0.6 is 0 Å². The largest absolute Gasteiger partial charge is 0.235 e. The van der Waals surface area contributed by atoms with E-state index in [1.807, 2.05) is 0 Å². The SMILES string of the molecule is CC1C(C)(C)CC2(CC1(C)C)OOC1(CC(C)(C)C(C)C(C)(C)C1)OO2. The lowest BCUT2D eigenvalue weighted by molar-refractivity contribution is -0.672. The first-order chi connectivity index (χ1) is 11.6. The smallest absolute Gasteiger partial charge is 0.195 e. The van der Waals surface area contributed by atoms with Crippen LogP contribution in [0, 0.1) is 33.5 Å². The van der Waals surface area contributed by atoms with Crippen LogP contribution in [-0.4, -0.2) is 11.6 Å². The molecule has 3 fully saturated rings. The van der Waals surface area contributed by atoms with Crippen molar-refractivity contribution < 1.29 is 19.6 Å². The zero-order valence-electron chi connectivity index (χ0n) is 18.6. The molecule has 4 nitrogen and oxygen atoms in total. The lowest BCUT2D eigenvalue weighted by Gasteiger charge is -2.59. The summed E-state index contributed by atoms with van der Waals surface area (Å²) in [5.74, 6) is -0.529. The summed E-state index contributed by atoms with van der Waals surface area (Å²) in [7, 11) is 0. The fraction of sp³-hybridized carbons (Fsp3) is 1.00. The molecule has 1 heterocycles. The van der Waals surface area contributed by atoms with E-state index in [1.165, 1.54) is 0 Å². The van der Waals surface area contributed by atoms with Crippen LogP contribution in [-0.2, 0) is 19.6 Å². The molecule has 0 N–H and O–H groups in total. The van der Waals surface area contributed by atoms with Crippen molar-refractivity contribution in [3.8, 4) is 0 Å². The minimum absolute atomic E-state index is 0.0819. The summed E-state index contributed by atoms with van der Waals surface area (Å²) in [5, 5.41) is 0. The molecule has 0 aromatic carbocycles. The molecule has 0 atom stereocenters. The zero-order valence-corrected chi connectivity index (χ0v) is 18.6. The molecule has 3 aliphatic rings. The van der Waals surface area contributed by atoms with E-state index in [9.17, 15) is 0 Å². The molecule has 2 saturated carbocycles. The van der Waals surface area contributed by atoms with Crippen molar-refractivity contribution in [2.24, 2.45) is 33.5 Å². The first-order valence-electron chi connectivity index (χ1n) is 10.3. The Morgan fingerprint density at radius 3 is 0.846 bits per heavy atom. The van der Waals surface area contributed by atoms with Crippen molar-refractivity contribution in [1.82, 2.24) is 0 Å². The molecular formula is C22H40O4. The number of hydrogen-bond acceptors (Lipinski definition) is 4. The van der Waals surface area contributed by atoms with Gasteiger partial charge in [0.1, 0.15) is 0 Å². The second kappa shape index (κ2) is 5.68. The molecule has 152 valence electrons. The van der Waals surface area contributed by atoms with E-state index >= 15 is 0 Å². The van der Waals surface area contributed by atoms with E-state index in [0.29, 0.717) is 11.8 Å². The Bertz CT molecular complexity index is 462. The van der Waals surface area contributed by atoms with Gasteiger partial charge in [-0.15, -0.1) is 0 Å². The van der Waals surface area contributed by atoms with Crippen LogP contribution in [0.4, 0.5) is 0 Å². The topological polar surface area (TPSA) is 36.9 Å². The Kier molecular flexibility index (Phi) is 4.50. The van der Waals surface area contributed by atoms with Gasteiger partial charge in [0, 0.05) is 25.7 Å². The van der Waals surface area contributed by atoms with Crippen molar-refractivity contribution in [3.05, 3.63) is 0 Å². The number of hydrogen-bond donors (Lipinski definition) is 0. The van der Waals surface area contributed by atoms with Gasteiger partial charge in [-0.3, -0.25) is 0 Å². The van der Waals surface area contributed by atoms with E-state index in [2.05, 4.69) is 69.2 Å². The Morgan fingerprint density at radius 1 is 0.462 bits per heavy atom. The van der Waals surface area contributed by atoms with E-state index in [0.717, 1.165) is 25.7 Å². The molecule has 4 heteroatoms. The maximum atomic E-state index is 6.09. The number of rotatable bonds is 0. The summed E-state index contributed by atoms with van der Waals surface area (Å²) in [6.07, 6.45) is 3.07. The second-order valence-corrected chi connectivity index (χ2v) is 12.3. The molecule has 0 aromatic heterocycles. The highest BCUT2D eigenvalue weighted by atomic mass is 17.4. The molecule has 0 amide bonds. The first kappa shape index (κ1) is 20.6. The molecule has 0 aromatic rings. The summed E-state index contributed by atoms with van der Waals surface area (Å²) in [6, 6.07) is 0. The van der Waals surface area contributed by atoms with Gasteiger partial charge in [-0.25, -0.2) is 0 Å². The highest BCUT2D eigenvalue weighted by Crippen LogP contribution is 2.61. The molecule has 3 rings (SSSR count). The normalized spacial score (nSPS) is 46.4. The third kappa shape index (κ3) is 3.25. The minimum Gasteiger partial charge on any atom is -0.195 e. The van der Waals surface area contributed by atoms with Crippen LogP contribution in [0.3, 0.4) is 0 Å². The monoisotopic (exact) mass is 368 g/mol. The summed E-state index contributed by atoms with van der Waals surface area (Å²) in [5.41, 5.74) is 0.328. The zero-order chi connectivity index (χ0) is 19.8. The summed E-state index contributed by atoms with van der Waals surface area (Å²) in [4.78, 5) is 24.4. The molecule has 0 unspecified atom stereocenters. The van der Waals surface area contributed by atoms with Crippen LogP contribution in [0.5, 0.6) is 0 Å². The van der Waals surface area contributed by atoms with Gasteiger partial charge in [0.25, 0.3) is 0 Å². The summed E-state index contributed by atoms with van der Waals surface area (Å²) < 4.78 is 0. The van der Waals surface area contributed by atoms with Gasteiger partial charge in [0.15, 0.2) is 0 Å². The quantitative estimate of drug-likeness (QED) is 0.473.